The van der Waals surface area contributed by atoms with Crippen LogP contribution < -0.4 is 5.43 Å². The molecule has 0 unspecified atom stereocenters. The second-order valence-electron chi connectivity index (χ2n) is 4.87. The molecule has 0 aliphatic carbocycles. The molecule has 2 aromatic carbocycles. The summed E-state index contributed by atoms with van der Waals surface area (Å²) in [7, 11) is 0. The fourth-order valence-electron chi connectivity index (χ4n) is 1.95. The number of carbonyl (C=O) groups excluding carboxylic acids is 1. The Morgan fingerprint density at radius 3 is 2.41 bits per heavy atom. The van der Waals surface area contributed by atoms with E-state index >= 15 is 0 Å². The number of aromatic hydroxyl groups is 2. The van der Waals surface area contributed by atoms with Gasteiger partial charge in [-0.15, -0.1) is 0 Å². The SMILES string of the molecule is Cc1cc(/C=N/NC(=O)c2ccc(I)c(O)c2)cc(C)c1O. The van der Waals surface area contributed by atoms with E-state index in [0.717, 1.165) is 16.7 Å². The van der Waals surface area contributed by atoms with Gasteiger partial charge in [0.15, 0.2) is 0 Å². The van der Waals surface area contributed by atoms with Crippen molar-refractivity contribution in [2.75, 3.05) is 0 Å². The average Bonchev–Trinajstić information content (AvgIpc) is 2.47. The van der Waals surface area contributed by atoms with Crippen molar-refractivity contribution in [3.05, 3.63) is 56.2 Å². The Morgan fingerprint density at radius 2 is 1.82 bits per heavy atom. The largest absolute Gasteiger partial charge is 0.507 e. The fourth-order valence-corrected chi connectivity index (χ4v) is 2.28. The Kier molecular flexibility index (Phi) is 5.02. The van der Waals surface area contributed by atoms with E-state index in [1.54, 1.807) is 38.1 Å². The lowest BCUT2D eigenvalue weighted by atomic mass is 10.1. The molecule has 2 aromatic rings. The standard InChI is InChI=1S/C16H15IN2O3/c1-9-5-11(6-10(2)15(9)21)8-18-19-16(22)12-3-4-13(17)14(20)7-12/h3-8,20-21H,1-2H3,(H,19,22)/b18-8+. The normalized spacial score (nSPS) is 10.9. The Hall–Kier alpha value is -2.09. The van der Waals surface area contributed by atoms with E-state index in [-0.39, 0.29) is 11.5 Å². The molecule has 2 rings (SSSR count). The zero-order chi connectivity index (χ0) is 16.3. The van der Waals surface area contributed by atoms with Crippen LogP contribution in [0.5, 0.6) is 11.5 Å². The second kappa shape index (κ2) is 6.78. The zero-order valence-electron chi connectivity index (χ0n) is 12.1. The minimum Gasteiger partial charge on any atom is -0.507 e. The lowest BCUT2D eigenvalue weighted by molar-refractivity contribution is 0.0954. The van der Waals surface area contributed by atoms with Gasteiger partial charge in [-0.3, -0.25) is 4.79 Å². The van der Waals surface area contributed by atoms with Crippen LogP contribution in [0.3, 0.4) is 0 Å². The fraction of sp³-hybridized carbons (Fsp3) is 0.125. The first kappa shape index (κ1) is 16.3. The Morgan fingerprint density at radius 1 is 1.18 bits per heavy atom. The van der Waals surface area contributed by atoms with Crippen LogP contribution in [-0.4, -0.2) is 22.3 Å². The van der Waals surface area contributed by atoms with E-state index in [1.165, 1.54) is 12.3 Å². The molecule has 0 aliphatic heterocycles. The van der Waals surface area contributed by atoms with Crippen molar-refractivity contribution in [3.63, 3.8) is 0 Å². The predicted octanol–water partition coefficient (Wildman–Crippen LogP) is 3.08. The highest BCUT2D eigenvalue weighted by Crippen LogP contribution is 2.22. The lowest BCUT2D eigenvalue weighted by Gasteiger charge is -2.05. The molecule has 0 radical (unpaired) electrons. The number of hydrazone groups is 1. The first-order valence-corrected chi connectivity index (χ1v) is 7.58. The molecule has 114 valence electrons. The number of phenolic OH excluding ortho intramolecular Hbond substituents is 2. The van der Waals surface area contributed by atoms with Crippen molar-refractivity contribution in [2.45, 2.75) is 13.8 Å². The van der Waals surface area contributed by atoms with Crippen molar-refractivity contribution < 1.29 is 15.0 Å². The topological polar surface area (TPSA) is 81.9 Å². The number of nitrogens with one attached hydrogen (secondary N) is 1. The summed E-state index contributed by atoms with van der Waals surface area (Å²) in [6.07, 6.45) is 1.50. The first-order valence-electron chi connectivity index (χ1n) is 6.50. The van der Waals surface area contributed by atoms with Crippen molar-refractivity contribution in [1.29, 1.82) is 0 Å². The van der Waals surface area contributed by atoms with Gasteiger partial charge in [-0.1, -0.05) is 0 Å². The van der Waals surface area contributed by atoms with Gasteiger partial charge < -0.3 is 10.2 Å². The second-order valence-corrected chi connectivity index (χ2v) is 6.03. The van der Waals surface area contributed by atoms with Crippen molar-refractivity contribution in [2.24, 2.45) is 5.10 Å². The van der Waals surface area contributed by atoms with Crippen LogP contribution in [0.15, 0.2) is 35.4 Å². The number of phenols is 2. The number of halogens is 1. The third-order valence-electron chi connectivity index (χ3n) is 3.10. The predicted molar refractivity (Wildman–Crippen MR) is 93.5 cm³/mol. The third kappa shape index (κ3) is 3.76. The molecule has 3 N–H and O–H groups in total. The maximum Gasteiger partial charge on any atom is 0.271 e. The number of hydrogen-bond acceptors (Lipinski definition) is 4. The van der Waals surface area contributed by atoms with Gasteiger partial charge in [-0.2, -0.15) is 5.10 Å². The van der Waals surface area contributed by atoms with Crippen LogP contribution >= 0.6 is 22.6 Å². The van der Waals surface area contributed by atoms with Gasteiger partial charge in [0.1, 0.15) is 11.5 Å². The molecular formula is C16H15IN2O3. The molecule has 0 bridgehead atoms. The molecule has 0 fully saturated rings. The highest BCUT2D eigenvalue weighted by Gasteiger charge is 2.07. The lowest BCUT2D eigenvalue weighted by Crippen LogP contribution is -2.17. The Balaban J connectivity index is 2.09. The Labute approximate surface area is 141 Å². The number of nitrogens with zero attached hydrogens (tertiary/aromatic N) is 1. The summed E-state index contributed by atoms with van der Waals surface area (Å²) in [5.41, 5.74) is 5.00. The first-order chi connectivity index (χ1) is 10.4. The molecule has 0 heterocycles. The molecule has 0 saturated carbocycles. The van der Waals surface area contributed by atoms with Crippen molar-refractivity contribution in [1.82, 2.24) is 5.43 Å². The minimum absolute atomic E-state index is 0.0574. The highest BCUT2D eigenvalue weighted by atomic mass is 127. The molecular weight excluding hydrogens is 395 g/mol. The number of carbonyl (C=O) groups is 1. The van der Waals surface area contributed by atoms with Crippen LogP contribution in [0, 0.1) is 17.4 Å². The van der Waals surface area contributed by atoms with E-state index < -0.39 is 5.91 Å². The smallest absolute Gasteiger partial charge is 0.271 e. The van der Waals surface area contributed by atoms with Crippen LogP contribution in [0.4, 0.5) is 0 Å². The Bertz CT molecular complexity index is 734. The van der Waals surface area contributed by atoms with Gasteiger partial charge in [0.25, 0.3) is 5.91 Å². The van der Waals surface area contributed by atoms with Crippen LogP contribution in [0.1, 0.15) is 27.0 Å². The maximum atomic E-state index is 11.9. The number of benzene rings is 2. The number of rotatable bonds is 3. The van der Waals surface area contributed by atoms with E-state index in [0.29, 0.717) is 9.13 Å². The summed E-state index contributed by atoms with van der Waals surface area (Å²) >= 11 is 1.98. The molecule has 0 aromatic heterocycles. The number of amides is 1. The van der Waals surface area contributed by atoms with Gasteiger partial charge in [0.2, 0.25) is 0 Å². The minimum atomic E-state index is -0.407. The zero-order valence-corrected chi connectivity index (χ0v) is 14.2. The summed E-state index contributed by atoms with van der Waals surface area (Å²) < 4.78 is 0.674. The number of hydrogen-bond donors (Lipinski definition) is 3. The molecule has 0 saturated heterocycles. The average molecular weight is 410 g/mol. The quantitative estimate of drug-likeness (QED) is 0.413. The van der Waals surface area contributed by atoms with Crippen LogP contribution in [0.2, 0.25) is 0 Å². The summed E-state index contributed by atoms with van der Waals surface area (Å²) in [5.74, 6) is -0.0901. The van der Waals surface area contributed by atoms with E-state index in [4.69, 9.17) is 0 Å². The molecule has 22 heavy (non-hydrogen) atoms. The summed E-state index contributed by atoms with van der Waals surface area (Å²) in [5, 5.41) is 23.2. The van der Waals surface area contributed by atoms with Gasteiger partial charge >= 0.3 is 0 Å². The summed E-state index contributed by atoms with van der Waals surface area (Å²) in [4.78, 5) is 11.9. The molecule has 0 aliphatic rings. The summed E-state index contributed by atoms with van der Waals surface area (Å²) in [6, 6.07) is 8.20. The van der Waals surface area contributed by atoms with Crippen LogP contribution in [0.25, 0.3) is 0 Å². The summed E-state index contributed by atoms with van der Waals surface area (Å²) in [6.45, 7) is 3.60. The monoisotopic (exact) mass is 410 g/mol. The van der Waals surface area contributed by atoms with Gasteiger partial charge in [-0.25, -0.2) is 5.43 Å². The van der Waals surface area contributed by atoms with Crippen molar-refractivity contribution in [3.8, 4) is 11.5 Å². The van der Waals surface area contributed by atoms with E-state index in [2.05, 4.69) is 10.5 Å². The molecule has 1 amide bonds. The van der Waals surface area contributed by atoms with Gasteiger partial charge in [-0.05, 0) is 83.5 Å². The number of aryl methyl sites for hydroxylation is 2. The van der Waals surface area contributed by atoms with Gasteiger partial charge in [0, 0.05) is 5.56 Å². The maximum absolute atomic E-state index is 11.9. The van der Waals surface area contributed by atoms with Gasteiger partial charge in [0.05, 0.1) is 9.78 Å². The van der Waals surface area contributed by atoms with E-state index in [1.807, 2.05) is 22.6 Å². The third-order valence-corrected chi connectivity index (χ3v) is 4.01. The highest BCUT2D eigenvalue weighted by molar-refractivity contribution is 14.1. The molecule has 0 spiro atoms. The van der Waals surface area contributed by atoms with Crippen molar-refractivity contribution >= 4 is 34.7 Å². The van der Waals surface area contributed by atoms with E-state index in [9.17, 15) is 15.0 Å². The molecule has 0 atom stereocenters. The molecule has 5 nitrogen and oxygen atoms in total. The van der Waals surface area contributed by atoms with Crippen LogP contribution in [-0.2, 0) is 0 Å². The molecule has 6 heteroatoms.